The largest absolute Gasteiger partial charge is 0.382 e. The van der Waals surface area contributed by atoms with Crippen LogP contribution in [0.5, 0.6) is 0 Å². The van der Waals surface area contributed by atoms with E-state index in [9.17, 15) is 8.42 Å². The number of ether oxygens (including phenoxy) is 2. The average molecular weight is 372 g/mol. The van der Waals surface area contributed by atoms with Gasteiger partial charge in [-0.15, -0.1) is 0 Å². The number of benzene rings is 1. The molecule has 1 heterocycles. The number of aryl methyl sites for hydroxylation is 1. The van der Waals surface area contributed by atoms with Crippen molar-refractivity contribution in [3.8, 4) is 0 Å². The van der Waals surface area contributed by atoms with Gasteiger partial charge in [0.25, 0.3) is 0 Å². The topological polar surface area (TPSA) is 55.8 Å². The van der Waals surface area contributed by atoms with Crippen molar-refractivity contribution in [1.82, 2.24) is 4.31 Å². The highest BCUT2D eigenvalue weighted by atomic mass is 32.2. The lowest BCUT2D eigenvalue weighted by atomic mass is 10.1. The van der Waals surface area contributed by atoms with E-state index in [2.05, 4.69) is 13.8 Å². The van der Waals surface area contributed by atoms with Crippen LogP contribution in [0.1, 0.15) is 45.1 Å². The molecule has 0 amide bonds. The van der Waals surface area contributed by atoms with Crippen molar-refractivity contribution in [2.24, 2.45) is 0 Å². The molecule has 0 unspecified atom stereocenters. The molecule has 0 aliphatic carbocycles. The number of hydrogen-bond acceptors (Lipinski definition) is 4. The summed E-state index contributed by atoms with van der Waals surface area (Å²) in [6, 6.07) is 7.12. The molecule has 0 aromatic heterocycles. The Kier molecular flexibility index (Phi) is 10.3. The molecule has 1 aromatic carbocycles. The Morgan fingerprint density at radius 3 is 2.20 bits per heavy atom. The summed E-state index contributed by atoms with van der Waals surface area (Å²) in [5.74, 6) is 0. The van der Waals surface area contributed by atoms with Crippen molar-refractivity contribution in [1.29, 1.82) is 0 Å². The first kappa shape index (κ1) is 22.1. The molecule has 5 nitrogen and oxygen atoms in total. The zero-order valence-corrected chi connectivity index (χ0v) is 16.8. The van der Waals surface area contributed by atoms with Gasteiger partial charge < -0.3 is 9.47 Å². The fourth-order valence-corrected chi connectivity index (χ4v) is 4.22. The molecule has 0 spiro atoms. The summed E-state index contributed by atoms with van der Waals surface area (Å²) in [7, 11) is -1.75. The Balaban J connectivity index is 0.000000705. The van der Waals surface area contributed by atoms with Crippen molar-refractivity contribution in [2.75, 3.05) is 33.4 Å². The third-order valence-electron chi connectivity index (χ3n) is 4.25. The Hall–Kier alpha value is -0.950. The second kappa shape index (κ2) is 11.6. The number of methoxy groups -OCH3 is 1. The number of rotatable bonds is 7. The highest BCUT2D eigenvalue weighted by Gasteiger charge is 2.30. The molecule has 0 bridgehead atoms. The van der Waals surface area contributed by atoms with Crippen molar-refractivity contribution in [3.05, 3.63) is 29.8 Å². The Morgan fingerprint density at radius 1 is 1.08 bits per heavy atom. The van der Waals surface area contributed by atoms with Gasteiger partial charge in [-0.2, -0.15) is 4.31 Å². The zero-order chi connectivity index (χ0) is 18.7. The number of piperidine rings is 1. The Bertz CT molecular complexity index is 579. The third kappa shape index (κ3) is 7.05. The van der Waals surface area contributed by atoms with Gasteiger partial charge in [0.15, 0.2) is 0 Å². The van der Waals surface area contributed by atoms with Gasteiger partial charge in [0.2, 0.25) is 10.0 Å². The summed E-state index contributed by atoms with van der Waals surface area (Å²) in [5, 5.41) is 0. The normalized spacial score (nSPS) is 16.3. The predicted octanol–water partition coefficient (Wildman–Crippen LogP) is 3.62. The molecule has 0 saturated carbocycles. The summed E-state index contributed by atoms with van der Waals surface area (Å²) in [4.78, 5) is 0.406. The first-order chi connectivity index (χ1) is 12.0. The second-order valence-electron chi connectivity index (χ2n) is 6.23. The van der Waals surface area contributed by atoms with Gasteiger partial charge in [0.05, 0.1) is 24.2 Å². The molecule has 6 heteroatoms. The third-order valence-corrected chi connectivity index (χ3v) is 6.31. The maximum absolute atomic E-state index is 12.6. The highest BCUT2D eigenvalue weighted by Crippen LogP contribution is 2.24. The van der Waals surface area contributed by atoms with Crippen molar-refractivity contribution >= 4 is 10.0 Å². The molecule has 0 radical (unpaired) electrons. The first-order valence-corrected chi connectivity index (χ1v) is 10.6. The predicted molar refractivity (Wildman–Crippen MR) is 101 cm³/mol. The minimum atomic E-state index is -3.39. The van der Waals surface area contributed by atoms with Crippen LogP contribution in [-0.2, 0) is 19.5 Å². The molecule has 0 atom stereocenters. The van der Waals surface area contributed by atoms with Gasteiger partial charge >= 0.3 is 0 Å². The van der Waals surface area contributed by atoms with Gasteiger partial charge in [-0.1, -0.05) is 44.9 Å². The fourth-order valence-electron chi connectivity index (χ4n) is 2.52. The molecule has 2 rings (SSSR count). The van der Waals surface area contributed by atoms with Crippen LogP contribution in [0, 0.1) is 6.92 Å². The van der Waals surface area contributed by atoms with Crippen LogP contribution in [0.25, 0.3) is 0 Å². The first-order valence-electron chi connectivity index (χ1n) is 9.13. The van der Waals surface area contributed by atoms with E-state index < -0.39 is 10.0 Å². The van der Waals surface area contributed by atoms with E-state index in [-0.39, 0.29) is 6.10 Å². The van der Waals surface area contributed by atoms with E-state index in [0.29, 0.717) is 31.2 Å². The molecule has 144 valence electrons. The van der Waals surface area contributed by atoms with E-state index in [1.165, 1.54) is 12.8 Å². The van der Waals surface area contributed by atoms with Gasteiger partial charge in [-0.3, -0.25) is 0 Å². The van der Waals surface area contributed by atoms with Gasteiger partial charge in [0, 0.05) is 20.2 Å². The smallest absolute Gasteiger partial charge is 0.243 e. The summed E-state index contributed by atoms with van der Waals surface area (Å²) >= 11 is 0. The van der Waals surface area contributed by atoms with E-state index in [4.69, 9.17) is 9.47 Å². The molecule has 0 N–H and O–H groups in total. The van der Waals surface area contributed by atoms with Crippen LogP contribution in [0.2, 0.25) is 0 Å². The summed E-state index contributed by atoms with van der Waals surface area (Å²) in [6.45, 7) is 8.34. The van der Waals surface area contributed by atoms with Crippen molar-refractivity contribution in [3.63, 3.8) is 0 Å². The molecule has 1 aromatic rings. The molecular weight excluding hydrogens is 338 g/mol. The van der Waals surface area contributed by atoms with Crippen LogP contribution in [0.4, 0.5) is 0 Å². The quantitative estimate of drug-likeness (QED) is 0.687. The van der Waals surface area contributed by atoms with Crippen molar-refractivity contribution < 1.29 is 17.9 Å². The number of hydrogen-bond donors (Lipinski definition) is 0. The molecule has 1 aliphatic heterocycles. The average Bonchev–Trinajstić information content (AvgIpc) is 2.63. The summed E-state index contributed by atoms with van der Waals surface area (Å²) in [6.07, 6.45) is 4.23. The summed E-state index contributed by atoms with van der Waals surface area (Å²) < 4.78 is 37.5. The highest BCUT2D eigenvalue weighted by molar-refractivity contribution is 7.89. The van der Waals surface area contributed by atoms with Crippen LogP contribution in [-0.4, -0.2) is 52.2 Å². The lowest BCUT2D eigenvalue weighted by Crippen LogP contribution is -2.41. The van der Waals surface area contributed by atoms with E-state index in [0.717, 1.165) is 18.4 Å². The molecule has 1 aliphatic rings. The van der Waals surface area contributed by atoms with E-state index in [1.807, 2.05) is 19.1 Å². The maximum atomic E-state index is 12.6. The maximum Gasteiger partial charge on any atom is 0.243 e. The number of nitrogens with zero attached hydrogens (tertiary/aromatic N) is 1. The van der Waals surface area contributed by atoms with Crippen LogP contribution >= 0.6 is 0 Å². The van der Waals surface area contributed by atoms with Gasteiger partial charge in [-0.05, 0) is 31.4 Å². The molecule has 25 heavy (non-hydrogen) atoms. The SMILES string of the molecule is CCCC.COCCOC1CCN(S(=O)(=O)c2ccccc2C)CC1. The second-order valence-corrected chi connectivity index (χ2v) is 8.14. The van der Waals surface area contributed by atoms with Crippen LogP contribution < -0.4 is 0 Å². The lowest BCUT2D eigenvalue weighted by molar-refractivity contribution is -0.00502. The standard InChI is InChI=1S/C15H23NO4S.C4H10/c1-13-5-3-4-6-15(13)21(17,18)16-9-7-14(8-10-16)20-12-11-19-2;1-3-4-2/h3-6,14H,7-12H2,1-2H3;3-4H2,1-2H3. The fraction of sp³-hybridized carbons (Fsp3) is 0.684. The van der Waals surface area contributed by atoms with Gasteiger partial charge in [0.1, 0.15) is 0 Å². The Morgan fingerprint density at radius 2 is 1.68 bits per heavy atom. The minimum Gasteiger partial charge on any atom is -0.382 e. The molecule has 1 fully saturated rings. The molecular formula is C19H33NO4S. The lowest BCUT2D eigenvalue weighted by Gasteiger charge is -2.31. The van der Waals surface area contributed by atoms with Crippen LogP contribution in [0.15, 0.2) is 29.2 Å². The van der Waals surface area contributed by atoms with Crippen molar-refractivity contribution in [2.45, 2.75) is 57.5 Å². The number of unbranched alkanes of at least 4 members (excludes halogenated alkanes) is 1. The summed E-state index contributed by atoms with van der Waals surface area (Å²) in [5.41, 5.74) is 0.788. The van der Waals surface area contributed by atoms with Crippen LogP contribution in [0.3, 0.4) is 0 Å². The van der Waals surface area contributed by atoms with E-state index in [1.54, 1.807) is 23.5 Å². The minimum absolute atomic E-state index is 0.128. The van der Waals surface area contributed by atoms with Gasteiger partial charge in [-0.25, -0.2) is 8.42 Å². The van der Waals surface area contributed by atoms with E-state index >= 15 is 0 Å². The Labute approximate surface area is 153 Å². The zero-order valence-electron chi connectivity index (χ0n) is 16.0. The molecule has 1 saturated heterocycles. The monoisotopic (exact) mass is 371 g/mol. The number of sulfonamides is 1.